The van der Waals surface area contributed by atoms with E-state index in [1.54, 1.807) is 11.1 Å². The Labute approximate surface area is 230 Å². The Morgan fingerprint density at radius 2 is 1.68 bits per heavy atom. The second kappa shape index (κ2) is 10.7. The van der Waals surface area contributed by atoms with Gasteiger partial charge in [-0.05, 0) is 79.4 Å². The number of hydrogen-bond acceptors (Lipinski definition) is 4. The minimum absolute atomic E-state index is 0.00131. The van der Waals surface area contributed by atoms with Gasteiger partial charge in [0.25, 0.3) is 0 Å². The third-order valence-corrected chi connectivity index (χ3v) is 10.4. The highest BCUT2D eigenvalue weighted by molar-refractivity contribution is 5.44. The first kappa shape index (κ1) is 27.9. The van der Waals surface area contributed by atoms with Crippen molar-refractivity contribution in [3.05, 3.63) is 46.5 Å². The third-order valence-electron chi connectivity index (χ3n) is 10.4. The van der Waals surface area contributed by atoms with Crippen molar-refractivity contribution in [2.45, 2.75) is 104 Å². The topological polar surface area (TPSA) is 64.7 Å². The smallest absolute Gasteiger partial charge is 0.169 e. The van der Waals surface area contributed by atoms with Crippen LogP contribution in [-0.2, 0) is 9.47 Å². The number of ether oxygens (including phenoxy) is 2. The summed E-state index contributed by atoms with van der Waals surface area (Å²) in [7, 11) is 0. The van der Waals surface area contributed by atoms with Crippen LogP contribution in [0.15, 0.2) is 35.4 Å². The highest BCUT2D eigenvalue weighted by atomic mass is 16.7. The lowest BCUT2D eigenvalue weighted by molar-refractivity contribution is -0.312. The molecule has 4 nitrogen and oxygen atoms in total. The van der Waals surface area contributed by atoms with E-state index >= 15 is 0 Å². The number of rotatable bonds is 1. The highest BCUT2D eigenvalue weighted by Crippen LogP contribution is 2.64. The molecule has 0 radical (unpaired) electrons. The minimum Gasteiger partial charge on any atom is -0.393 e. The zero-order valence-electron chi connectivity index (χ0n) is 24.3. The maximum Gasteiger partial charge on any atom is 0.169 e. The molecule has 5 aliphatic rings. The van der Waals surface area contributed by atoms with E-state index in [-0.39, 0.29) is 22.7 Å². The standard InChI is InChI=1S/C32H43NO3.C2H6/c1-30(2)19-35-32(36-20-30)15-14-24-23(17-32)10-11-25-27-12-13-28(34)31(27,3)18-26(29(24)25)22-8-6-21(7-9-22)5-4-16-33;1-2/h6-9,23,25-28,34H,10-20,33H2,1-3H3;1-2H3. The molecule has 4 heteroatoms. The molecule has 1 aromatic rings. The van der Waals surface area contributed by atoms with Crippen LogP contribution in [0.1, 0.15) is 103 Å². The van der Waals surface area contributed by atoms with Gasteiger partial charge in [-0.15, -0.1) is 0 Å². The summed E-state index contributed by atoms with van der Waals surface area (Å²) >= 11 is 0. The number of aliphatic hydroxyl groups excluding tert-OH is 1. The molecule has 3 N–H and O–H groups in total. The molecule has 1 saturated heterocycles. The molecule has 0 bridgehead atoms. The van der Waals surface area contributed by atoms with Gasteiger partial charge in [0.15, 0.2) is 5.79 Å². The molecule has 6 unspecified atom stereocenters. The van der Waals surface area contributed by atoms with Crippen LogP contribution in [0.25, 0.3) is 0 Å². The van der Waals surface area contributed by atoms with E-state index in [2.05, 4.69) is 56.9 Å². The lowest BCUT2D eigenvalue weighted by atomic mass is 9.52. The summed E-state index contributed by atoms with van der Waals surface area (Å²) in [4.78, 5) is 0. The van der Waals surface area contributed by atoms with Gasteiger partial charge in [-0.25, -0.2) is 0 Å². The van der Waals surface area contributed by atoms with Crippen LogP contribution in [0.5, 0.6) is 0 Å². The van der Waals surface area contributed by atoms with E-state index in [0.717, 1.165) is 57.3 Å². The van der Waals surface area contributed by atoms with Crippen molar-refractivity contribution in [2.24, 2.45) is 34.3 Å². The van der Waals surface area contributed by atoms with Crippen LogP contribution < -0.4 is 5.73 Å². The number of allylic oxidation sites excluding steroid dienone is 2. The molecule has 6 atom stereocenters. The van der Waals surface area contributed by atoms with Gasteiger partial charge in [0.2, 0.25) is 0 Å². The van der Waals surface area contributed by atoms with Gasteiger partial charge in [-0.2, -0.15) is 0 Å². The fourth-order valence-corrected chi connectivity index (χ4v) is 8.45. The number of aliphatic hydroxyl groups is 1. The van der Waals surface area contributed by atoms with Crippen molar-refractivity contribution in [1.82, 2.24) is 0 Å². The Kier molecular flexibility index (Phi) is 7.88. The predicted octanol–water partition coefficient (Wildman–Crippen LogP) is 6.56. The SMILES string of the molecule is CC.CC1(C)COC2(CCC3=C4C(c5ccc(C#CCN)cc5)CC5(C)C(O)CCC5C4CCC3C2)OC1. The Morgan fingerprint density at radius 3 is 2.37 bits per heavy atom. The van der Waals surface area contributed by atoms with Gasteiger partial charge >= 0.3 is 0 Å². The molecule has 6 rings (SSSR count). The molecule has 4 fully saturated rings. The fourth-order valence-electron chi connectivity index (χ4n) is 8.45. The quantitative estimate of drug-likeness (QED) is 0.326. The zero-order chi connectivity index (χ0) is 27.1. The molecule has 3 saturated carbocycles. The largest absolute Gasteiger partial charge is 0.393 e. The summed E-state index contributed by atoms with van der Waals surface area (Å²) < 4.78 is 12.9. The lowest BCUT2D eigenvalue weighted by Crippen LogP contribution is -2.52. The first-order chi connectivity index (χ1) is 18.2. The predicted molar refractivity (Wildman–Crippen MR) is 153 cm³/mol. The van der Waals surface area contributed by atoms with Crippen LogP contribution in [0.3, 0.4) is 0 Å². The molecule has 1 spiro atoms. The Hall–Kier alpha value is -1.64. The molecule has 38 heavy (non-hydrogen) atoms. The molecule has 4 aliphatic carbocycles. The molecule has 1 heterocycles. The average molecular weight is 520 g/mol. The van der Waals surface area contributed by atoms with E-state index in [1.165, 1.54) is 18.4 Å². The van der Waals surface area contributed by atoms with E-state index < -0.39 is 0 Å². The van der Waals surface area contributed by atoms with Crippen LogP contribution in [0.2, 0.25) is 0 Å². The second-order valence-corrected chi connectivity index (χ2v) is 13.3. The number of hydrogen-bond donors (Lipinski definition) is 2. The van der Waals surface area contributed by atoms with Gasteiger partial charge in [-0.1, -0.05) is 69.7 Å². The summed E-state index contributed by atoms with van der Waals surface area (Å²) in [6.45, 7) is 12.8. The van der Waals surface area contributed by atoms with Gasteiger partial charge < -0.3 is 20.3 Å². The van der Waals surface area contributed by atoms with E-state index in [4.69, 9.17) is 15.2 Å². The molecule has 208 valence electrons. The van der Waals surface area contributed by atoms with Gasteiger partial charge in [0, 0.05) is 29.7 Å². The van der Waals surface area contributed by atoms with Crippen LogP contribution in [0.4, 0.5) is 0 Å². The molecule has 0 amide bonds. The van der Waals surface area contributed by atoms with E-state index in [1.807, 2.05) is 13.8 Å². The lowest BCUT2D eigenvalue weighted by Gasteiger charge is -2.55. The zero-order valence-corrected chi connectivity index (χ0v) is 24.3. The second-order valence-electron chi connectivity index (χ2n) is 13.3. The van der Waals surface area contributed by atoms with E-state index in [9.17, 15) is 5.11 Å². The normalized spacial score (nSPS) is 36.7. The van der Waals surface area contributed by atoms with Crippen LogP contribution >= 0.6 is 0 Å². The van der Waals surface area contributed by atoms with Gasteiger partial charge in [-0.3, -0.25) is 0 Å². The monoisotopic (exact) mass is 519 g/mol. The van der Waals surface area contributed by atoms with Crippen molar-refractivity contribution in [1.29, 1.82) is 0 Å². The highest BCUT2D eigenvalue weighted by Gasteiger charge is 2.57. The minimum atomic E-state index is -0.386. The molecular weight excluding hydrogens is 470 g/mol. The average Bonchev–Trinajstić information content (AvgIpc) is 3.24. The first-order valence-electron chi connectivity index (χ1n) is 15.2. The van der Waals surface area contributed by atoms with Crippen molar-refractivity contribution in [2.75, 3.05) is 19.8 Å². The Bertz CT molecular complexity index is 1080. The summed E-state index contributed by atoms with van der Waals surface area (Å²) in [5.74, 6) is 7.88. The summed E-state index contributed by atoms with van der Waals surface area (Å²) in [6, 6.07) is 8.87. The van der Waals surface area contributed by atoms with Gasteiger partial charge in [0.1, 0.15) is 0 Å². The summed E-state index contributed by atoms with van der Waals surface area (Å²) in [5, 5.41) is 11.1. The molecule has 0 aromatic heterocycles. The summed E-state index contributed by atoms with van der Waals surface area (Å²) in [5.41, 5.74) is 11.5. The maximum atomic E-state index is 11.1. The first-order valence-corrected chi connectivity index (χ1v) is 15.2. The van der Waals surface area contributed by atoms with Crippen molar-refractivity contribution in [3.63, 3.8) is 0 Å². The van der Waals surface area contributed by atoms with Crippen LogP contribution in [-0.4, -0.2) is 36.8 Å². The molecular formula is C34H49NO3. The summed E-state index contributed by atoms with van der Waals surface area (Å²) in [6.07, 6.45) is 8.47. The fraction of sp³-hybridized carbons (Fsp3) is 0.706. The maximum absolute atomic E-state index is 11.1. The third kappa shape index (κ3) is 4.90. The van der Waals surface area contributed by atoms with Crippen molar-refractivity contribution < 1.29 is 14.6 Å². The van der Waals surface area contributed by atoms with E-state index in [0.29, 0.717) is 30.2 Å². The molecule has 1 aromatic carbocycles. The van der Waals surface area contributed by atoms with Crippen molar-refractivity contribution in [3.8, 4) is 11.8 Å². The number of fused-ring (bicyclic) bond motifs is 4. The Balaban J connectivity index is 0.00000144. The van der Waals surface area contributed by atoms with Gasteiger partial charge in [0.05, 0.1) is 25.9 Å². The van der Waals surface area contributed by atoms with Crippen molar-refractivity contribution >= 4 is 0 Å². The molecule has 1 aliphatic heterocycles. The van der Waals surface area contributed by atoms with Crippen LogP contribution in [0, 0.1) is 40.4 Å². The Morgan fingerprint density at radius 1 is 0.974 bits per heavy atom. The number of benzene rings is 1. The number of nitrogens with two attached hydrogens (primary N) is 1.